The molecule has 0 spiro atoms. The van der Waals surface area contributed by atoms with Crippen molar-refractivity contribution in [3.63, 3.8) is 0 Å². The molecule has 0 radical (unpaired) electrons. The molecule has 3 aromatic carbocycles. The van der Waals surface area contributed by atoms with Crippen molar-refractivity contribution in [3.05, 3.63) is 91.9 Å². The Morgan fingerprint density at radius 1 is 0.618 bits per heavy atom. The van der Waals surface area contributed by atoms with Crippen molar-refractivity contribution in [2.75, 3.05) is 13.1 Å². The molecule has 6 nitrogen and oxygen atoms in total. The quantitative estimate of drug-likeness (QED) is 0.397. The van der Waals surface area contributed by atoms with Crippen LogP contribution in [0.3, 0.4) is 0 Å². The highest BCUT2D eigenvalue weighted by atomic mass is 79.9. The van der Waals surface area contributed by atoms with Crippen molar-refractivity contribution in [3.8, 4) is 0 Å². The van der Waals surface area contributed by atoms with Gasteiger partial charge >= 0.3 is 0 Å². The van der Waals surface area contributed by atoms with E-state index >= 15 is 0 Å². The SMILES string of the molecule is Cc1ccc(S(=O)(=O)N2CCN(S(=O)(=O)c3ccc(C)cc3)Cc3cc(Br)c(Br)cc3C2)cc1. The van der Waals surface area contributed by atoms with Gasteiger partial charge < -0.3 is 0 Å². The molecule has 0 aliphatic carbocycles. The van der Waals surface area contributed by atoms with E-state index in [0.717, 1.165) is 31.2 Å². The zero-order chi connectivity index (χ0) is 24.7. The van der Waals surface area contributed by atoms with E-state index in [-0.39, 0.29) is 36.0 Å². The van der Waals surface area contributed by atoms with Crippen LogP contribution in [0.2, 0.25) is 0 Å². The molecule has 0 bridgehead atoms. The van der Waals surface area contributed by atoms with Crippen LogP contribution < -0.4 is 0 Å². The standard InChI is InChI=1S/C24H24Br2N2O4S2/c1-17-3-7-21(8-4-17)33(29,30)27-11-12-28(34(31,32)22-9-5-18(2)6-10-22)16-20-14-24(26)23(25)13-19(20)15-27/h3-10,13-14H,11-12,15-16H2,1-2H3. The lowest BCUT2D eigenvalue weighted by Gasteiger charge is -2.31. The summed E-state index contributed by atoms with van der Waals surface area (Å²) >= 11 is 6.99. The molecule has 1 aliphatic rings. The monoisotopic (exact) mass is 626 g/mol. The van der Waals surface area contributed by atoms with Crippen molar-refractivity contribution in [2.24, 2.45) is 0 Å². The van der Waals surface area contributed by atoms with Gasteiger partial charge in [0.25, 0.3) is 0 Å². The Hall–Kier alpha value is -1.56. The molecule has 0 saturated heterocycles. The second-order valence-corrected chi connectivity index (χ2v) is 13.9. The predicted molar refractivity (Wildman–Crippen MR) is 139 cm³/mol. The number of fused-ring (bicyclic) bond motifs is 1. The fourth-order valence-corrected chi connectivity index (χ4v) is 7.41. The Morgan fingerprint density at radius 2 is 0.941 bits per heavy atom. The predicted octanol–water partition coefficient (Wildman–Crippen LogP) is 5.22. The summed E-state index contributed by atoms with van der Waals surface area (Å²) in [7, 11) is -7.68. The van der Waals surface area contributed by atoms with Crippen LogP contribution in [-0.2, 0) is 33.1 Å². The van der Waals surface area contributed by atoms with E-state index < -0.39 is 20.0 Å². The molecule has 0 atom stereocenters. The number of aryl methyl sites for hydroxylation is 2. The summed E-state index contributed by atoms with van der Waals surface area (Å²) in [5.74, 6) is 0. The highest BCUT2D eigenvalue weighted by Gasteiger charge is 2.32. The molecule has 3 aromatic rings. The van der Waals surface area contributed by atoms with Crippen LogP contribution in [0.4, 0.5) is 0 Å². The molecular weight excluding hydrogens is 604 g/mol. The second-order valence-electron chi connectivity index (χ2n) is 8.34. The van der Waals surface area contributed by atoms with E-state index in [9.17, 15) is 16.8 Å². The Labute approximate surface area is 218 Å². The first-order valence-electron chi connectivity index (χ1n) is 10.6. The van der Waals surface area contributed by atoms with Gasteiger partial charge in [0, 0.05) is 35.1 Å². The fourth-order valence-electron chi connectivity index (χ4n) is 3.81. The number of hydrogen-bond acceptors (Lipinski definition) is 4. The minimum atomic E-state index is -3.84. The summed E-state index contributed by atoms with van der Waals surface area (Å²) in [6, 6.07) is 17.1. The lowest BCUT2D eigenvalue weighted by molar-refractivity contribution is 0.321. The van der Waals surface area contributed by atoms with Crippen molar-refractivity contribution in [2.45, 2.75) is 36.7 Å². The number of halogens is 2. The van der Waals surface area contributed by atoms with Gasteiger partial charge in [-0.3, -0.25) is 0 Å². The molecule has 180 valence electrons. The van der Waals surface area contributed by atoms with Crippen molar-refractivity contribution >= 4 is 51.9 Å². The lowest BCUT2D eigenvalue weighted by Crippen LogP contribution is -2.42. The van der Waals surface area contributed by atoms with Crippen molar-refractivity contribution in [1.29, 1.82) is 0 Å². The molecule has 0 unspecified atom stereocenters. The smallest absolute Gasteiger partial charge is 0.207 e. The van der Waals surface area contributed by atoms with E-state index in [1.54, 1.807) is 48.5 Å². The summed E-state index contributed by atoms with van der Waals surface area (Å²) in [5.41, 5.74) is 3.41. The molecule has 1 aliphatic heterocycles. The molecule has 10 heteroatoms. The van der Waals surface area contributed by atoms with Crippen LogP contribution in [-0.4, -0.2) is 38.5 Å². The Bertz CT molecular complexity index is 1310. The van der Waals surface area contributed by atoms with Crippen molar-refractivity contribution < 1.29 is 16.8 Å². The lowest BCUT2D eigenvalue weighted by atomic mass is 10.1. The molecule has 1 heterocycles. The van der Waals surface area contributed by atoms with E-state index in [4.69, 9.17) is 0 Å². The third kappa shape index (κ3) is 5.17. The summed E-state index contributed by atoms with van der Waals surface area (Å²) in [4.78, 5) is 0.369. The molecule has 0 saturated carbocycles. The number of rotatable bonds is 4. The first-order valence-corrected chi connectivity index (χ1v) is 15.1. The maximum absolute atomic E-state index is 13.5. The first-order chi connectivity index (χ1) is 16.0. The van der Waals surface area contributed by atoms with Gasteiger partial charge in [-0.25, -0.2) is 16.8 Å². The Kier molecular flexibility index (Phi) is 7.38. The van der Waals surface area contributed by atoms with Gasteiger partial charge in [-0.05, 0) is 93.2 Å². The second kappa shape index (κ2) is 9.83. The van der Waals surface area contributed by atoms with Gasteiger partial charge in [0.15, 0.2) is 0 Å². The molecule has 0 amide bonds. The van der Waals surface area contributed by atoms with Gasteiger partial charge in [0.05, 0.1) is 9.79 Å². The summed E-state index contributed by atoms with van der Waals surface area (Å²) in [5, 5.41) is 0. The molecule has 0 fully saturated rings. The molecule has 0 aromatic heterocycles. The van der Waals surface area contributed by atoms with E-state index in [0.29, 0.717) is 0 Å². The first kappa shape index (κ1) is 25.5. The molecule has 4 rings (SSSR count). The topological polar surface area (TPSA) is 74.8 Å². The minimum absolute atomic E-state index is 0.0361. The van der Waals surface area contributed by atoms with Crippen LogP contribution in [0.25, 0.3) is 0 Å². The summed E-state index contributed by atoms with van der Waals surface area (Å²) in [6.45, 7) is 4.16. The number of benzene rings is 3. The average molecular weight is 628 g/mol. The highest BCUT2D eigenvalue weighted by molar-refractivity contribution is 9.13. The summed E-state index contributed by atoms with van der Waals surface area (Å²) < 4.78 is 58.4. The van der Waals surface area contributed by atoms with E-state index in [1.807, 2.05) is 26.0 Å². The maximum atomic E-state index is 13.5. The van der Waals surface area contributed by atoms with Crippen LogP contribution in [0.5, 0.6) is 0 Å². The van der Waals surface area contributed by atoms with Gasteiger partial charge in [-0.1, -0.05) is 35.4 Å². The van der Waals surface area contributed by atoms with Gasteiger partial charge in [-0.15, -0.1) is 0 Å². The Morgan fingerprint density at radius 3 is 1.26 bits per heavy atom. The van der Waals surface area contributed by atoms with Gasteiger partial charge in [-0.2, -0.15) is 8.61 Å². The van der Waals surface area contributed by atoms with Crippen LogP contribution in [0, 0.1) is 13.8 Å². The largest absolute Gasteiger partial charge is 0.243 e. The molecule has 34 heavy (non-hydrogen) atoms. The number of hydrogen-bond donors (Lipinski definition) is 0. The van der Waals surface area contributed by atoms with Crippen LogP contribution in [0.1, 0.15) is 22.3 Å². The van der Waals surface area contributed by atoms with Crippen LogP contribution >= 0.6 is 31.9 Å². The molecular formula is C24H24Br2N2O4S2. The van der Waals surface area contributed by atoms with Crippen molar-refractivity contribution in [1.82, 2.24) is 8.61 Å². The number of sulfonamides is 2. The fraction of sp³-hybridized carbons (Fsp3) is 0.250. The van der Waals surface area contributed by atoms with Crippen LogP contribution in [0.15, 0.2) is 79.4 Å². The van der Waals surface area contributed by atoms with Gasteiger partial charge in [0.2, 0.25) is 20.0 Å². The zero-order valence-electron chi connectivity index (χ0n) is 18.7. The number of nitrogens with zero attached hydrogens (tertiary/aromatic N) is 2. The van der Waals surface area contributed by atoms with E-state index in [1.165, 1.54) is 8.61 Å². The third-order valence-electron chi connectivity index (χ3n) is 5.85. The third-order valence-corrected chi connectivity index (χ3v) is 11.4. The van der Waals surface area contributed by atoms with E-state index in [2.05, 4.69) is 31.9 Å². The maximum Gasteiger partial charge on any atom is 0.243 e. The highest BCUT2D eigenvalue weighted by Crippen LogP contribution is 2.32. The molecule has 0 N–H and O–H groups in total. The zero-order valence-corrected chi connectivity index (χ0v) is 23.5. The van der Waals surface area contributed by atoms with Gasteiger partial charge in [0.1, 0.15) is 0 Å². The minimum Gasteiger partial charge on any atom is -0.207 e. The Balaban J connectivity index is 1.79. The average Bonchev–Trinajstić information content (AvgIpc) is 2.77. The summed E-state index contributed by atoms with van der Waals surface area (Å²) in [6.07, 6.45) is 0. The normalized spacial score (nSPS) is 16.0.